The lowest BCUT2D eigenvalue weighted by atomic mass is 9.90. The number of halogens is 10. The van der Waals surface area contributed by atoms with Crippen molar-refractivity contribution in [3.8, 4) is 24.3 Å². The summed E-state index contributed by atoms with van der Waals surface area (Å²) in [5.41, 5.74) is -13.9. The number of fused-ring (bicyclic) bond motifs is 2. The molecule has 0 aliphatic heterocycles. The molecule has 0 amide bonds. The highest BCUT2D eigenvalue weighted by atomic mass is 19.2. The SMILES string of the molecule is [C-]#[N+]/C(C#N)=C1\C(c2c(F)c(F)c(F)c(F)c2F)=C(C#N)c2cc3c(cc21)/C(=C(/C#N)[N+]#[C-])C(c1c(F)c(F)c(F)c(F)c1F)=C3C#N. The maximum absolute atomic E-state index is 15.1. The van der Waals surface area contributed by atoms with E-state index in [-0.39, 0.29) is 0 Å². The van der Waals surface area contributed by atoms with Crippen molar-refractivity contribution in [2.45, 2.75) is 0 Å². The zero-order valence-corrected chi connectivity index (χ0v) is 22.6. The summed E-state index contributed by atoms with van der Waals surface area (Å²) in [5.74, 6) is -24.9. The molecule has 5 rings (SSSR count). The molecule has 0 spiro atoms. The third kappa shape index (κ3) is 4.08. The number of nitrogens with zero attached hydrogens (tertiary/aromatic N) is 6. The molecular weight excluding hydrogens is 658 g/mol. The number of allylic oxidation sites excluding steroid dienone is 8. The lowest BCUT2D eigenvalue weighted by Gasteiger charge is -2.14. The van der Waals surface area contributed by atoms with Gasteiger partial charge in [0.2, 0.25) is 11.6 Å². The Balaban J connectivity index is 2.03. The van der Waals surface area contributed by atoms with E-state index in [2.05, 4.69) is 9.69 Å². The fourth-order valence-corrected chi connectivity index (χ4v) is 5.36. The normalized spacial score (nSPS) is 15.1. The van der Waals surface area contributed by atoms with Crippen molar-refractivity contribution >= 4 is 33.4 Å². The Bertz CT molecular complexity index is 2260. The van der Waals surface area contributed by atoms with Gasteiger partial charge in [-0.1, -0.05) is 0 Å². The second-order valence-corrected chi connectivity index (χ2v) is 9.45. The van der Waals surface area contributed by atoms with Gasteiger partial charge in [-0.3, -0.25) is 0 Å². The highest BCUT2D eigenvalue weighted by Crippen LogP contribution is 2.56. The summed E-state index contributed by atoms with van der Waals surface area (Å²) in [6.07, 6.45) is 0. The van der Waals surface area contributed by atoms with Gasteiger partial charge in [0.15, 0.2) is 46.5 Å². The number of hydrogen-bond donors (Lipinski definition) is 0. The van der Waals surface area contributed by atoms with Crippen LogP contribution in [-0.2, 0) is 0 Å². The van der Waals surface area contributed by atoms with Crippen LogP contribution in [0.2, 0.25) is 0 Å². The molecule has 2 aliphatic carbocycles. The fourth-order valence-electron chi connectivity index (χ4n) is 5.36. The van der Waals surface area contributed by atoms with Crippen LogP contribution in [0, 0.1) is 117 Å². The van der Waals surface area contributed by atoms with E-state index < -0.39 is 136 Å². The van der Waals surface area contributed by atoms with Gasteiger partial charge < -0.3 is 0 Å². The number of nitriles is 4. The Morgan fingerprint density at radius 1 is 0.458 bits per heavy atom. The topological polar surface area (TPSA) is 104 Å². The summed E-state index contributed by atoms with van der Waals surface area (Å²) in [7, 11) is 0. The predicted octanol–water partition coefficient (Wildman–Crippen LogP) is 8.28. The highest BCUT2D eigenvalue weighted by molar-refractivity contribution is 6.29. The van der Waals surface area contributed by atoms with Gasteiger partial charge in [0.05, 0.1) is 47.6 Å². The van der Waals surface area contributed by atoms with Crippen molar-refractivity contribution in [3.63, 3.8) is 0 Å². The van der Waals surface area contributed by atoms with Crippen molar-refractivity contribution in [2.75, 3.05) is 0 Å². The minimum Gasteiger partial charge on any atom is -0.226 e. The van der Waals surface area contributed by atoms with Gasteiger partial charge in [-0.2, -0.15) is 10.5 Å². The Labute approximate surface area is 260 Å². The summed E-state index contributed by atoms with van der Waals surface area (Å²) >= 11 is 0. The van der Waals surface area contributed by atoms with E-state index in [9.17, 15) is 47.4 Å². The average molecular weight is 660 g/mol. The van der Waals surface area contributed by atoms with Gasteiger partial charge in [-0.15, -0.1) is 0 Å². The van der Waals surface area contributed by atoms with E-state index in [1.54, 1.807) is 0 Å². The van der Waals surface area contributed by atoms with Gasteiger partial charge in [-0.05, 0) is 23.3 Å². The molecule has 0 unspecified atom stereocenters. The smallest absolute Gasteiger partial charge is 0.226 e. The second-order valence-electron chi connectivity index (χ2n) is 9.45. The minimum atomic E-state index is -2.58. The summed E-state index contributed by atoms with van der Waals surface area (Å²) in [6.45, 7) is 14.8. The van der Waals surface area contributed by atoms with Crippen LogP contribution in [-0.4, -0.2) is 0 Å². The summed E-state index contributed by atoms with van der Waals surface area (Å²) < 4.78 is 146. The third-order valence-electron chi connectivity index (χ3n) is 7.29. The van der Waals surface area contributed by atoms with E-state index in [1.165, 1.54) is 24.3 Å². The van der Waals surface area contributed by atoms with Crippen molar-refractivity contribution in [2.24, 2.45) is 0 Å². The van der Waals surface area contributed by atoms with E-state index >= 15 is 17.6 Å². The van der Waals surface area contributed by atoms with Crippen LogP contribution < -0.4 is 0 Å². The van der Waals surface area contributed by atoms with Gasteiger partial charge in [0.1, 0.15) is 12.1 Å². The van der Waals surface area contributed by atoms with Crippen molar-refractivity contribution in [3.05, 3.63) is 138 Å². The molecule has 0 saturated heterocycles. The Hall–Kier alpha value is -7.14. The molecule has 0 heterocycles. The Kier molecular flexibility index (Phi) is 7.62. The van der Waals surface area contributed by atoms with Crippen LogP contribution in [0.1, 0.15) is 33.4 Å². The average Bonchev–Trinajstić information content (AvgIpc) is 3.56. The number of rotatable bonds is 2. The first kappa shape index (κ1) is 32.3. The molecule has 3 aromatic rings. The van der Waals surface area contributed by atoms with Crippen LogP contribution in [0.5, 0.6) is 0 Å². The van der Waals surface area contributed by atoms with Gasteiger partial charge in [-0.25, -0.2) is 64.1 Å². The summed E-state index contributed by atoms with van der Waals surface area (Å²) in [5, 5.41) is 39.5. The quantitative estimate of drug-likeness (QED) is 0.0908. The molecule has 0 saturated carbocycles. The molecular formula is C32H2F10N6. The molecule has 0 bridgehead atoms. The first-order valence-electron chi connectivity index (χ1n) is 12.3. The lowest BCUT2D eigenvalue weighted by molar-refractivity contribution is 0.376. The Morgan fingerprint density at radius 3 is 0.979 bits per heavy atom. The van der Waals surface area contributed by atoms with Crippen LogP contribution in [0.25, 0.3) is 43.1 Å². The molecule has 2 aliphatic rings. The molecule has 0 atom stereocenters. The summed E-state index contributed by atoms with van der Waals surface area (Å²) in [6, 6.07) is 7.14. The second kappa shape index (κ2) is 11.3. The Morgan fingerprint density at radius 2 is 0.729 bits per heavy atom. The number of hydrogen-bond acceptors (Lipinski definition) is 4. The molecule has 48 heavy (non-hydrogen) atoms. The zero-order valence-electron chi connectivity index (χ0n) is 22.6. The molecule has 230 valence electrons. The molecule has 0 fully saturated rings. The van der Waals surface area contributed by atoms with Crippen LogP contribution in [0.4, 0.5) is 43.9 Å². The lowest BCUT2D eigenvalue weighted by Crippen LogP contribution is -2.08. The van der Waals surface area contributed by atoms with Gasteiger partial charge in [0.25, 0.3) is 11.4 Å². The van der Waals surface area contributed by atoms with E-state index in [0.29, 0.717) is 0 Å². The van der Waals surface area contributed by atoms with Crippen LogP contribution >= 0.6 is 0 Å². The van der Waals surface area contributed by atoms with Crippen molar-refractivity contribution < 1.29 is 43.9 Å². The maximum Gasteiger partial charge on any atom is 0.270 e. The fraction of sp³-hybridized carbons (Fsp3) is 0. The zero-order chi connectivity index (χ0) is 35.5. The highest BCUT2D eigenvalue weighted by Gasteiger charge is 2.42. The molecule has 0 radical (unpaired) electrons. The van der Waals surface area contributed by atoms with Crippen LogP contribution in [0.3, 0.4) is 0 Å². The van der Waals surface area contributed by atoms with E-state index in [4.69, 9.17) is 13.1 Å². The molecule has 3 aromatic carbocycles. The first-order chi connectivity index (χ1) is 22.8. The molecule has 6 nitrogen and oxygen atoms in total. The van der Waals surface area contributed by atoms with E-state index in [0.717, 1.165) is 12.1 Å². The minimum absolute atomic E-state index is 0.561. The van der Waals surface area contributed by atoms with Crippen molar-refractivity contribution in [1.29, 1.82) is 21.0 Å². The van der Waals surface area contributed by atoms with E-state index in [1.807, 2.05) is 0 Å². The van der Waals surface area contributed by atoms with Gasteiger partial charge in [0, 0.05) is 33.4 Å². The largest absolute Gasteiger partial charge is 0.270 e. The maximum atomic E-state index is 15.1. The third-order valence-corrected chi connectivity index (χ3v) is 7.29. The van der Waals surface area contributed by atoms with Crippen molar-refractivity contribution in [1.82, 2.24) is 0 Å². The monoisotopic (exact) mass is 660 g/mol. The molecule has 16 heteroatoms. The predicted molar refractivity (Wildman–Crippen MR) is 142 cm³/mol. The van der Waals surface area contributed by atoms with Crippen LogP contribution in [0.15, 0.2) is 23.5 Å². The summed E-state index contributed by atoms with van der Waals surface area (Å²) in [4.78, 5) is 5.81. The van der Waals surface area contributed by atoms with Gasteiger partial charge >= 0.3 is 0 Å². The first-order valence-corrected chi connectivity index (χ1v) is 12.3. The number of benzene rings is 3. The molecule has 0 N–H and O–H groups in total. The molecule has 0 aromatic heterocycles. The standard InChI is InChI=1S/C32H2F10N6/c1-47-15(7-45)17-11-4-12-10(3-9(11)13(5-43)19(17)21-23(33)27(37)31(41)28(38)24(21)34)14(6-44)20(18(12)16(8-46)48-2)22-25(35)29(39)32(42)30(40)26(22)36/h3-4H/b17-15-,18-16+.